The molecule has 3 aliphatic heterocycles. The van der Waals surface area contributed by atoms with Gasteiger partial charge in [0.25, 0.3) is 0 Å². The second-order valence-electron chi connectivity index (χ2n) is 5.24. The first-order valence-corrected chi connectivity index (χ1v) is 7.07. The van der Waals surface area contributed by atoms with E-state index in [1.807, 2.05) is 0 Å². The number of esters is 1. The van der Waals surface area contributed by atoms with Crippen molar-refractivity contribution in [1.82, 2.24) is 0 Å². The molecular weight excluding hydrogens is 310 g/mol. The lowest BCUT2D eigenvalue weighted by Gasteiger charge is -2.35. The molecule has 9 heteroatoms. The molecule has 0 aromatic carbocycles. The Morgan fingerprint density at radius 1 is 1.35 bits per heavy atom. The highest BCUT2D eigenvalue weighted by atomic mass is 16.8. The molecule has 3 rings (SSSR count). The molecule has 0 bridgehead atoms. The molecule has 0 unspecified atom stereocenters. The zero-order valence-corrected chi connectivity index (χ0v) is 12.9. The molecule has 0 N–H and O–H groups in total. The normalized spacial score (nSPS) is 33.3. The number of hydrogen-bond donors (Lipinski definition) is 0. The van der Waals surface area contributed by atoms with Gasteiger partial charge < -0.3 is 28.4 Å². The van der Waals surface area contributed by atoms with Crippen molar-refractivity contribution in [3.8, 4) is 0 Å². The predicted octanol–water partition coefficient (Wildman–Crippen LogP) is 0.178. The first kappa shape index (κ1) is 15.6. The maximum absolute atomic E-state index is 11.8. The number of fused-ring (bicyclic) bond motifs is 1. The van der Waals surface area contributed by atoms with E-state index < -0.39 is 42.6 Å². The van der Waals surface area contributed by atoms with Crippen molar-refractivity contribution in [3.05, 3.63) is 11.8 Å². The second-order valence-corrected chi connectivity index (χ2v) is 5.24. The lowest BCUT2D eigenvalue weighted by molar-refractivity contribution is -0.148. The summed E-state index contributed by atoms with van der Waals surface area (Å²) < 4.78 is 31.3. The van der Waals surface area contributed by atoms with Crippen molar-refractivity contribution in [3.63, 3.8) is 0 Å². The highest BCUT2D eigenvalue weighted by Crippen LogP contribution is 2.32. The third-order valence-electron chi connectivity index (χ3n) is 3.85. The molecule has 126 valence electrons. The van der Waals surface area contributed by atoms with Crippen LogP contribution in [0.1, 0.15) is 6.92 Å². The van der Waals surface area contributed by atoms with Gasteiger partial charge in [-0.15, -0.1) is 0 Å². The van der Waals surface area contributed by atoms with Crippen molar-refractivity contribution >= 4 is 18.0 Å². The van der Waals surface area contributed by atoms with Gasteiger partial charge in [-0.25, -0.2) is 14.6 Å². The van der Waals surface area contributed by atoms with Crippen LogP contribution >= 0.6 is 0 Å². The van der Waals surface area contributed by atoms with Gasteiger partial charge in [0.2, 0.25) is 5.76 Å². The number of carbonyl (C=O) groups excluding carboxylic acids is 2. The summed E-state index contributed by atoms with van der Waals surface area (Å²) in [5, 5.41) is 0. The Kier molecular flexibility index (Phi) is 4.12. The smallest absolute Gasteiger partial charge is 0.478 e. The number of ether oxygens (including phenoxy) is 6. The first-order valence-electron chi connectivity index (χ1n) is 7.07. The van der Waals surface area contributed by atoms with Crippen LogP contribution in [0.5, 0.6) is 0 Å². The fourth-order valence-electron chi connectivity index (χ4n) is 2.86. The molecule has 1 fully saturated rings. The van der Waals surface area contributed by atoms with Gasteiger partial charge in [0, 0.05) is 20.1 Å². The second kappa shape index (κ2) is 6.07. The molecule has 1 saturated heterocycles. The lowest BCUT2D eigenvalue weighted by Crippen LogP contribution is -2.52. The highest BCUT2D eigenvalue weighted by Gasteiger charge is 2.50. The summed E-state index contributed by atoms with van der Waals surface area (Å²) in [6, 6.07) is -0.423. The van der Waals surface area contributed by atoms with E-state index >= 15 is 0 Å². The van der Waals surface area contributed by atoms with Gasteiger partial charge in [-0.3, -0.25) is 0 Å². The standard InChI is InChI=1S/C14H17NO8/c1-6-15-10-7(21-6)4-8(13(16)19-3)22-12(10)11(18-2)9-5-20-14(17)23-9/h4,7,9-12H,5H2,1-3H3/t7-,9-,10-,11-,12-/m1/s1. The Balaban J connectivity index is 1.87. The van der Waals surface area contributed by atoms with Gasteiger partial charge in [-0.1, -0.05) is 0 Å². The number of hydrogen-bond acceptors (Lipinski definition) is 9. The summed E-state index contributed by atoms with van der Waals surface area (Å²) >= 11 is 0. The summed E-state index contributed by atoms with van der Waals surface area (Å²) in [7, 11) is 2.71. The minimum absolute atomic E-state index is 0.0101. The SMILES string of the molecule is COC(=O)C1=C[C@H]2OC(C)=N[C@H]2[C@H]([C@H](OC)[C@H]2COC(=O)O2)O1. The van der Waals surface area contributed by atoms with E-state index in [1.54, 1.807) is 6.92 Å². The Labute approximate surface area is 132 Å². The van der Waals surface area contributed by atoms with Crippen LogP contribution in [0.25, 0.3) is 0 Å². The summed E-state index contributed by atoms with van der Waals surface area (Å²) in [5.74, 6) is -0.141. The maximum atomic E-state index is 11.8. The third kappa shape index (κ3) is 2.83. The van der Waals surface area contributed by atoms with E-state index in [0.29, 0.717) is 5.90 Å². The molecule has 0 saturated carbocycles. The van der Waals surface area contributed by atoms with Gasteiger partial charge in [-0.2, -0.15) is 0 Å². The van der Waals surface area contributed by atoms with E-state index in [-0.39, 0.29) is 12.4 Å². The monoisotopic (exact) mass is 327 g/mol. The van der Waals surface area contributed by atoms with E-state index in [0.717, 1.165) is 0 Å². The van der Waals surface area contributed by atoms with E-state index in [4.69, 9.17) is 28.4 Å². The highest BCUT2D eigenvalue weighted by molar-refractivity contribution is 5.87. The molecule has 0 radical (unpaired) electrons. The van der Waals surface area contributed by atoms with Gasteiger partial charge in [-0.05, 0) is 0 Å². The number of cyclic esters (lactones) is 2. The largest absolute Gasteiger partial charge is 0.508 e. The molecule has 23 heavy (non-hydrogen) atoms. The summed E-state index contributed by atoms with van der Waals surface area (Å²) in [6.45, 7) is 1.75. The van der Waals surface area contributed by atoms with Gasteiger partial charge in [0.05, 0.1) is 7.11 Å². The average Bonchev–Trinajstić information content (AvgIpc) is 3.12. The number of nitrogens with zero attached hydrogens (tertiary/aromatic N) is 1. The van der Waals surface area contributed by atoms with Crippen molar-refractivity contribution in [2.24, 2.45) is 4.99 Å². The number of aliphatic imine (C=N–C) groups is 1. The van der Waals surface area contributed by atoms with Gasteiger partial charge in [0.1, 0.15) is 24.9 Å². The topological polar surface area (TPSA) is 102 Å². The van der Waals surface area contributed by atoms with E-state index in [2.05, 4.69) is 4.99 Å². The predicted molar refractivity (Wildman–Crippen MR) is 73.8 cm³/mol. The van der Waals surface area contributed by atoms with Crippen LogP contribution in [0.4, 0.5) is 4.79 Å². The van der Waals surface area contributed by atoms with E-state index in [1.165, 1.54) is 20.3 Å². The lowest BCUT2D eigenvalue weighted by atomic mass is 9.94. The van der Waals surface area contributed by atoms with E-state index in [9.17, 15) is 9.59 Å². The van der Waals surface area contributed by atoms with Crippen LogP contribution < -0.4 is 0 Å². The third-order valence-corrected chi connectivity index (χ3v) is 3.85. The number of rotatable bonds is 4. The molecular formula is C14H17NO8. The maximum Gasteiger partial charge on any atom is 0.508 e. The van der Waals surface area contributed by atoms with Crippen LogP contribution in [0.3, 0.4) is 0 Å². The number of methoxy groups -OCH3 is 2. The quantitative estimate of drug-likeness (QED) is 0.674. The summed E-state index contributed by atoms with van der Waals surface area (Å²) in [5.41, 5.74) is 0. The van der Waals surface area contributed by atoms with Crippen molar-refractivity contribution in [2.45, 2.75) is 37.4 Å². The molecule has 3 aliphatic rings. The molecule has 0 amide bonds. The van der Waals surface area contributed by atoms with Crippen LogP contribution in [0, 0.1) is 0 Å². The first-order chi connectivity index (χ1) is 11.0. The average molecular weight is 327 g/mol. The fraction of sp³-hybridized carbons (Fsp3) is 0.643. The van der Waals surface area contributed by atoms with Crippen LogP contribution in [-0.4, -0.2) is 69.3 Å². The molecule has 5 atom stereocenters. The van der Waals surface area contributed by atoms with Crippen LogP contribution in [0.2, 0.25) is 0 Å². The minimum Gasteiger partial charge on any atom is -0.478 e. The Hall–Kier alpha value is -2.29. The number of carbonyl (C=O) groups is 2. The van der Waals surface area contributed by atoms with Gasteiger partial charge in [0.15, 0.2) is 18.1 Å². The zero-order chi connectivity index (χ0) is 16.6. The van der Waals surface area contributed by atoms with Crippen molar-refractivity contribution in [1.29, 1.82) is 0 Å². The molecule has 0 aromatic rings. The molecule has 3 heterocycles. The Morgan fingerprint density at radius 3 is 2.74 bits per heavy atom. The molecule has 0 aliphatic carbocycles. The minimum atomic E-state index is -0.768. The summed E-state index contributed by atoms with van der Waals surface area (Å²) in [4.78, 5) is 27.4. The Bertz CT molecular complexity index is 571. The molecule has 0 aromatic heterocycles. The Morgan fingerprint density at radius 2 is 2.13 bits per heavy atom. The van der Waals surface area contributed by atoms with Crippen LogP contribution in [-0.2, 0) is 33.2 Å². The van der Waals surface area contributed by atoms with Crippen LogP contribution in [0.15, 0.2) is 16.8 Å². The summed E-state index contributed by atoms with van der Waals surface area (Å²) in [6.07, 6.45) is -1.75. The zero-order valence-electron chi connectivity index (χ0n) is 12.9. The van der Waals surface area contributed by atoms with Gasteiger partial charge >= 0.3 is 12.1 Å². The van der Waals surface area contributed by atoms with Crippen molar-refractivity contribution < 1.29 is 38.0 Å². The molecule has 0 spiro atoms. The molecule has 9 nitrogen and oxygen atoms in total. The fourth-order valence-corrected chi connectivity index (χ4v) is 2.86. The van der Waals surface area contributed by atoms with Crippen molar-refractivity contribution in [2.75, 3.05) is 20.8 Å².